The zero-order chi connectivity index (χ0) is 21.4. The molecule has 0 aliphatic carbocycles. The minimum absolute atomic E-state index is 0.0714. The summed E-state index contributed by atoms with van der Waals surface area (Å²) in [5, 5.41) is 5.51. The van der Waals surface area contributed by atoms with Gasteiger partial charge in [0.05, 0.1) is 14.2 Å². The molecule has 0 radical (unpaired) electrons. The number of aryl methyl sites for hydroxylation is 1. The van der Waals surface area contributed by atoms with Crippen LogP contribution in [0.2, 0.25) is 0 Å². The van der Waals surface area contributed by atoms with Crippen molar-refractivity contribution in [2.24, 2.45) is 0 Å². The molecule has 1 aliphatic heterocycles. The quantitative estimate of drug-likeness (QED) is 0.379. The number of quaternary nitrogens is 2. The molecule has 1 heterocycles. The highest BCUT2D eigenvalue weighted by molar-refractivity contribution is 5.87. The molecule has 1 saturated heterocycles. The minimum Gasteiger partial charge on any atom is -0.493 e. The van der Waals surface area contributed by atoms with E-state index in [1.54, 1.807) is 21.1 Å². The molecule has 2 amide bonds. The SMILES string of the molecule is CCNC(=O)[C@@H](C)NC(=O)C[NH+]1CC[NH+](Cc2cc(OC)c(OC)cc2C)CC1. The van der Waals surface area contributed by atoms with Gasteiger partial charge in [-0.2, -0.15) is 0 Å². The molecular weight excluding hydrogens is 372 g/mol. The minimum atomic E-state index is -0.498. The number of benzene rings is 1. The molecule has 1 aromatic rings. The Morgan fingerprint density at radius 3 is 2.24 bits per heavy atom. The zero-order valence-electron chi connectivity index (χ0n) is 18.3. The Bertz CT molecular complexity index is 702. The van der Waals surface area contributed by atoms with Crippen LogP contribution in [0.1, 0.15) is 25.0 Å². The largest absolute Gasteiger partial charge is 0.493 e. The summed E-state index contributed by atoms with van der Waals surface area (Å²) < 4.78 is 10.8. The van der Waals surface area contributed by atoms with E-state index in [4.69, 9.17) is 9.47 Å². The maximum Gasteiger partial charge on any atom is 0.275 e. The highest BCUT2D eigenvalue weighted by atomic mass is 16.5. The van der Waals surface area contributed by atoms with Gasteiger partial charge in [0, 0.05) is 12.1 Å². The maximum atomic E-state index is 12.2. The second kappa shape index (κ2) is 11.0. The molecule has 1 fully saturated rings. The summed E-state index contributed by atoms with van der Waals surface area (Å²) >= 11 is 0. The highest BCUT2D eigenvalue weighted by Gasteiger charge is 2.26. The molecule has 1 aromatic carbocycles. The van der Waals surface area contributed by atoms with Crippen LogP contribution in [0.25, 0.3) is 0 Å². The van der Waals surface area contributed by atoms with Crippen LogP contribution in [0.5, 0.6) is 11.5 Å². The van der Waals surface area contributed by atoms with E-state index < -0.39 is 6.04 Å². The van der Waals surface area contributed by atoms with Crippen molar-refractivity contribution in [1.29, 1.82) is 0 Å². The number of likely N-dealkylation sites (N-methyl/N-ethyl adjacent to an activating group) is 1. The first-order valence-electron chi connectivity index (χ1n) is 10.3. The molecule has 29 heavy (non-hydrogen) atoms. The standard InChI is InChI=1S/C21H34N4O4/c1-6-22-21(27)16(3)23-20(26)14-25-9-7-24(8-10-25)13-17-12-19(29-5)18(28-4)11-15(17)2/h11-12,16H,6-10,13-14H2,1-5H3,(H,22,27)(H,23,26)/p+2/t16-/m1/s1. The van der Waals surface area contributed by atoms with Crippen LogP contribution >= 0.6 is 0 Å². The lowest BCUT2D eigenvalue weighted by molar-refractivity contribution is -1.02. The summed E-state index contributed by atoms with van der Waals surface area (Å²) in [4.78, 5) is 26.7. The number of nitrogens with one attached hydrogen (secondary N) is 4. The number of ether oxygens (including phenoxy) is 2. The summed E-state index contributed by atoms with van der Waals surface area (Å²) in [6, 6.07) is 3.59. The predicted octanol–water partition coefficient (Wildman–Crippen LogP) is -2.06. The van der Waals surface area contributed by atoms with Crippen LogP contribution in [-0.4, -0.2) is 71.3 Å². The lowest BCUT2D eigenvalue weighted by Gasteiger charge is -2.30. The van der Waals surface area contributed by atoms with Gasteiger partial charge >= 0.3 is 0 Å². The number of carbonyl (C=O) groups is 2. The Morgan fingerprint density at radius 2 is 1.66 bits per heavy atom. The van der Waals surface area contributed by atoms with Gasteiger partial charge in [0.1, 0.15) is 38.8 Å². The first-order valence-corrected chi connectivity index (χ1v) is 10.3. The van der Waals surface area contributed by atoms with Gasteiger partial charge in [-0.1, -0.05) is 0 Å². The Kier molecular flexibility index (Phi) is 8.72. The van der Waals surface area contributed by atoms with Crippen LogP contribution < -0.4 is 29.9 Å². The number of hydrogen-bond acceptors (Lipinski definition) is 4. The molecule has 0 saturated carbocycles. The fraction of sp³-hybridized carbons (Fsp3) is 0.619. The molecule has 0 aromatic heterocycles. The second-order valence-electron chi connectivity index (χ2n) is 7.67. The average molecular weight is 409 g/mol. The van der Waals surface area contributed by atoms with E-state index in [0.717, 1.165) is 44.2 Å². The van der Waals surface area contributed by atoms with E-state index >= 15 is 0 Å². The summed E-state index contributed by atoms with van der Waals surface area (Å²) in [5.41, 5.74) is 2.46. The molecule has 2 rings (SSSR count). The number of carbonyl (C=O) groups excluding carboxylic acids is 2. The van der Waals surface area contributed by atoms with Crippen molar-refractivity contribution in [2.75, 3.05) is 53.5 Å². The van der Waals surface area contributed by atoms with E-state index in [-0.39, 0.29) is 11.8 Å². The van der Waals surface area contributed by atoms with Crippen molar-refractivity contribution in [1.82, 2.24) is 10.6 Å². The van der Waals surface area contributed by atoms with Gasteiger partial charge in [-0.25, -0.2) is 0 Å². The van der Waals surface area contributed by atoms with E-state index in [1.165, 1.54) is 20.9 Å². The third kappa shape index (κ3) is 6.61. The molecule has 0 spiro atoms. The normalized spacial score (nSPS) is 19.9. The Morgan fingerprint density at radius 1 is 1.07 bits per heavy atom. The van der Waals surface area contributed by atoms with E-state index in [2.05, 4.69) is 23.6 Å². The fourth-order valence-corrected chi connectivity index (χ4v) is 3.71. The summed E-state index contributed by atoms with van der Waals surface area (Å²) in [6.07, 6.45) is 0. The van der Waals surface area contributed by atoms with Crippen LogP contribution in [0, 0.1) is 6.92 Å². The van der Waals surface area contributed by atoms with Gasteiger partial charge in [0.25, 0.3) is 5.91 Å². The second-order valence-corrected chi connectivity index (χ2v) is 7.67. The summed E-state index contributed by atoms with van der Waals surface area (Å²) in [5.74, 6) is 1.30. The van der Waals surface area contributed by atoms with Crippen molar-refractivity contribution in [2.45, 2.75) is 33.4 Å². The third-order valence-corrected chi connectivity index (χ3v) is 5.48. The fourth-order valence-electron chi connectivity index (χ4n) is 3.71. The first kappa shape index (κ1) is 23.0. The topological polar surface area (TPSA) is 85.5 Å². The van der Waals surface area contributed by atoms with Crippen molar-refractivity contribution in [3.63, 3.8) is 0 Å². The van der Waals surface area contributed by atoms with Gasteiger partial charge in [0.15, 0.2) is 18.0 Å². The average Bonchev–Trinajstić information content (AvgIpc) is 2.70. The van der Waals surface area contributed by atoms with E-state index in [0.29, 0.717) is 13.1 Å². The maximum absolute atomic E-state index is 12.2. The lowest BCUT2D eigenvalue weighted by Crippen LogP contribution is -3.28. The highest BCUT2D eigenvalue weighted by Crippen LogP contribution is 2.29. The first-order chi connectivity index (χ1) is 13.9. The van der Waals surface area contributed by atoms with Gasteiger partial charge < -0.3 is 29.9 Å². The Labute approximate surface area is 173 Å². The molecule has 4 N–H and O–H groups in total. The van der Waals surface area contributed by atoms with E-state index in [9.17, 15) is 9.59 Å². The van der Waals surface area contributed by atoms with Crippen LogP contribution in [-0.2, 0) is 16.1 Å². The monoisotopic (exact) mass is 408 g/mol. The number of rotatable bonds is 9. The lowest BCUT2D eigenvalue weighted by atomic mass is 10.1. The number of hydrogen-bond donors (Lipinski definition) is 4. The van der Waals surface area contributed by atoms with Gasteiger partial charge in [-0.15, -0.1) is 0 Å². The van der Waals surface area contributed by atoms with Crippen LogP contribution in [0.15, 0.2) is 12.1 Å². The molecule has 8 nitrogen and oxygen atoms in total. The molecule has 1 aliphatic rings. The summed E-state index contributed by atoms with van der Waals surface area (Å²) in [7, 11) is 3.31. The smallest absolute Gasteiger partial charge is 0.275 e. The van der Waals surface area contributed by atoms with Crippen molar-refractivity contribution in [3.8, 4) is 11.5 Å². The molecule has 8 heteroatoms. The summed E-state index contributed by atoms with van der Waals surface area (Å²) in [6.45, 7) is 11.5. The zero-order valence-corrected chi connectivity index (χ0v) is 18.3. The number of amides is 2. The molecule has 1 atom stereocenters. The molecular formula is C21H36N4O4+2. The van der Waals surface area contributed by atoms with Crippen molar-refractivity contribution >= 4 is 11.8 Å². The molecule has 0 bridgehead atoms. The predicted molar refractivity (Wildman–Crippen MR) is 111 cm³/mol. The van der Waals surface area contributed by atoms with Gasteiger partial charge in [-0.05, 0) is 38.5 Å². The Balaban J connectivity index is 1.82. The van der Waals surface area contributed by atoms with Crippen LogP contribution in [0.3, 0.4) is 0 Å². The van der Waals surface area contributed by atoms with Crippen molar-refractivity contribution in [3.05, 3.63) is 23.3 Å². The van der Waals surface area contributed by atoms with Gasteiger partial charge in [0.2, 0.25) is 5.91 Å². The van der Waals surface area contributed by atoms with Crippen molar-refractivity contribution < 1.29 is 28.9 Å². The van der Waals surface area contributed by atoms with Crippen LogP contribution in [0.4, 0.5) is 0 Å². The molecule has 162 valence electrons. The third-order valence-electron chi connectivity index (χ3n) is 5.48. The number of methoxy groups -OCH3 is 2. The van der Waals surface area contributed by atoms with E-state index in [1.807, 2.05) is 13.0 Å². The number of piperazine rings is 1. The molecule has 0 unspecified atom stereocenters. The Hall–Kier alpha value is -2.32. The van der Waals surface area contributed by atoms with Gasteiger partial charge in [-0.3, -0.25) is 9.59 Å².